The summed E-state index contributed by atoms with van der Waals surface area (Å²) in [5.41, 5.74) is 3.41. The minimum Gasteiger partial charge on any atom is -0.543 e. The molecule has 3 nitrogen and oxygen atoms in total. The van der Waals surface area contributed by atoms with E-state index in [9.17, 15) is 13.2 Å². The molecule has 0 spiro atoms. The van der Waals surface area contributed by atoms with Crippen LogP contribution in [-0.4, -0.2) is 14.5 Å². The van der Waals surface area contributed by atoms with Gasteiger partial charge in [0.05, 0.1) is 0 Å². The highest BCUT2D eigenvalue weighted by Gasteiger charge is 2.65. The Morgan fingerprint density at radius 1 is 1.08 bits per heavy atom. The second kappa shape index (κ2) is 5.74. The van der Waals surface area contributed by atoms with Gasteiger partial charge in [0.15, 0.2) is 0 Å². The topological polar surface area (TPSA) is 53.1 Å². The zero-order valence-electron chi connectivity index (χ0n) is 15.4. The Balaban J connectivity index is 2.48. The number of hydrogen-bond donors (Lipinski definition) is 2. The van der Waals surface area contributed by atoms with Gasteiger partial charge in [-0.2, -0.15) is 13.2 Å². The summed E-state index contributed by atoms with van der Waals surface area (Å²) in [6, 6.07) is 4.81. The maximum Gasteiger partial charge on any atom is 0.426 e. The molecule has 0 amide bonds. The molecule has 0 saturated carbocycles. The highest BCUT2D eigenvalue weighted by Crippen LogP contribution is 2.45. The van der Waals surface area contributed by atoms with Crippen LogP contribution in [-0.2, 0) is 5.66 Å². The van der Waals surface area contributed by atoms with E-state index in [0.29, 0.717) is 5.75 Å². The van der Waals surface area contributed by atoms with Gasteiger partial charge in [-0.15, -0.1) is 0 Å². The minimum atomic E-state index is -4.42. The number of benzene rings is 1. The highest BCUT2D eigenvalue weighted by atomic mass is 28.4. The van der Waals surface area contributed by atoms with Crippen molar-refractivity contribution in [2.45, 2.75) is 70.5 Å². The van der Waals surface area contributed by atoms with Gasteiger partial charge in [0.25, 0.3) is 0 Å². The van der Waals surface area contributed by atoms with Crippen LogP contribution in [0.4, 0.5) is 13.2 Å². The first kappa shape index (κ1) is 19.3. The van der Waals surface area contributed by atoms with Gasteiger partial charge in [-0.1, -0.05) is 46.8 Å². The van der Waals surface area contributed by atoms with Crippen LogP contribution in [0.3, 0.4) is 0 Å². The molecule has 1 aliphatic heterocycles. The highest BCUT2D eigenvalue weighted by molar-refractivity contribution is 6.74. The van der Waals surface area contributed by atoms with Gasteiger partial charge in [-0.25, -0.2) is 10.9 Å². The molecule has 1 aromatic rings. The van der Waals surface area contributed by atoms with Gasteiger partial charge < -0.3 is 4.43 Å². The van der Waals surface area contributed by atoms with E-state index in [-0.39, 0.29) is 16.5 Å². The van der Waals surface area contributed by atoms with E-state index in [0.717, 1.165) is 5.56 Å². The first-order chi connectivity index (χ1) is 10.7. The molecule has 136 valence electrons. The molecule has 0 aromatic heterocycles. The van der Waals surface area contributed by atoms with E-state index in [4.69, 9.17) is 4.43 Å². The average molecular weight is 360 g/mol. The molecule has 2 N–H and O–H groups in total. The molecule has 0 bridgehead atoms. The predicted molar refractivity (Wildman–Crippen MR) is 92.4 cm³/mol. The SMILES string of the molecule is CC(C)c1ccc(C2(C(F)(F)F)NN2)cc1O[Si](C)(C)C(C)(C)C. The second-order valence-electron chi connectivity index (χ2n) is 8.27. The monoisotopic (exact) mass is 360 g/mol. The Kier molecular flexibility index (Phi) is 4.61. The lowest BCUT2D eigenvalue weighted by Crippen LogP contribution is -2.44. The molecular weight excluding hydrogens is 333 g/mol. The summed E-state index contributed by atoms with van der Waals surface area (Å²) in [7, 11) is -2.15. The van der Waals surface area contributed by atoms with Crippen molar-refractivity contribution in [2.24, 2.45) is 0 Å². The number of nitrogens with one attached hydrogen (secondary N) is 2. The molecule has 1 heterocycles. The van der Waals surface area contributed by atoms with E-state index >= 15 is 0 Å². The zero-order valence-corrected chi connectivity index (χ0v) is 16.4. The molecule has 1 saturated heterocycles. The Morgan fingerprint density at radius 2 is 1.62 bits per heavy atom. The van der Waals surface area contributed by atoms with Crippen LogP contribution in [0, 0.1) is 0 Å². The second-order valence-corrected chi connectivity index (χ2v) is 13.0. The third-order valence-electron chi connectivity index (χ3n) is 5.04. The summed E-state index contributed by atoms with van der Waals surface area (Å²) in [5.74, 6) is 0.731. The Hall–Kier alpha value is -1.05. The normalized spacial score (nSPS) is 18.0. The lowest BCUT2D eigenvalue weighted by Gasteiger charge is -2.37. The fraction of sp³-hybridized carbons (Fsp3) is 0.647. The largest absolute Gasteiger partial charge is 0.543 e. The van der Waals surface area contributed by atoms with E-state index in [2.05, 4.69) is 44.7 Å². The molecular formula is C17H27F3N2OSi. The molecule has 1 fully saturated rings. The summed E-state index contributed by atoms with van der Waals surface area (Å²) in [5, 5.41) is -0.0327. The van der Waals surface area contributed by atoms with E-state index in [1.54, 1.807) is 6.07 Å². The third kappa shape index (κ3) is 3.34. The van der Waals surface area contributed by atoms with Crippen LogP contribution in [0.15, 0.2) is 18.2 Å². The number of hydrogen-bond acceptors (Lipinski definition) is 3. The quantitative estimate of drug-likeness (QED) is 0.586. The van der Waals surface area contributed by atoms with Crippen molar-refractivity contribution in [3.8, 4) is 5.75 Å². The summed E-state index contributed by atoms with van der Waals surface area (Å²) in [6.45, 7) is 14.5. The van der Waals surface area contributed by atoms with Crippen molar-refractivity contribution in [1.82, 2.24) is 10.9 Å². The summed E-state index contributed by atoms with van der Waals surface area (Å²) >= 11 is 0. The molecule has 2 rings (SSSR count). The maximum absolute atomic E-state index is 13.3. The van der Waals surface area contributed by atoms with Crippen LogP contribution in [0.2, 0.25) is 18.1 Å². The standard InChI is InChI=1S/C17H27F3N2OSi/c1-11(2)13-9-8-12(16(21-22-16)17(18,19)20)10-14(13)23-24(6,7)15(3,4)5/h8-11,21-22H,1-7H3. The third-order valence-corrected chi connectivity index (χ3v) is 9.38. The Bertz CT molecular complexity index is 617. The molecule has 0 unspecified atom stereocenters. The Morgan fingerprint density at radius 3 is 2.00 bits per heavy atom. The van der Waals surface area contributed by atoms with Crippen molar-refractivity contribution in [2.75, 3.05) is 0 Å². The molecule has 7 heteroatoms. The zero-order chi connectivity index (χ0) is 18.6. The van der Waals surface area contributed by atoms with Gasteiger partial charge in [0.1, 0.15) is 5.75 Å². The van der Waals surface area contributed by atoms with Crippen LogP contribution in [0.1, 0.15) is 51.7 Å². The predicted octanol–water partition coefficient (Wildman–Crippen LogP) is 5.02. The lowest BCUT2D eigenvalue weighted by molar-refractivity contribution is -0.165. The first-order valence-electron chi connectivity index (χ1n) is 8.16. The van der Waals surface area contributed by atoms with Crippen molar-refractivity contribution in [3.05, 3.63) is 29.3 Å². The van der Waals surface area contributed by atoms with Crippen molar-refractivity contribution in [1.29, 1.82) is 0 Å². The number of rotatable bonds is 4. The molecule has 1 aliphatic rings. The van der Waals surface area contributed by atoms with Crippen LogP contribution in [0.25, 0.3) is 0 Å². The lowest BCUT2D eigenvalue weighted by atomic mass is 9.96. The fourth-order valence-electron chi connectivity index (χ4n) is 2.27. The van der Waals surface area contributed by atoms with Gasteiger partial charge in [0.2, 0.25) is 14.0 Å². The minimum absolute atomic E-state index is 0.0327. The van der Waals surface area contributed by atoms with Gasteiger partial charge in [-0.3, -0.25) is 0 Å². The Labute approximate surface area is 143 Å². The van der Waals surface area contributed by atoms with Gasteiger partial charge in [0, 0.05) is 5.56 Å². The van der Waals surface area contributed by atoms with E-state index < -0.39 is 20.2 Å². The summed E-state index contributed by atoms with van der Waals surface area (Å²) in [6.07, 6.45) is -4.42. The molecule has 24 heavy (non-hydrogen) atoms. The number of alkyl halides is 3. The summed E-state index contributed by atoms with van der Waals surface area (Å²) in [4.78, 5) is 0. The number of halogens is 3. The molecule has 1 aromatic carbocycles. The molecule has 0 aliphatic carbocycles. The fourth-order valence-corrected chi connectivity index (χ4v) is 3.31. The van der Waals surface area contributed by atoms with Crippen LogP contribution < -0.4 is 15.3 Å². The van der Waals surface area contributed by atoms with Crippen molar-refractivity contribution in [3.63, 3.8) is 0 Å². The number of hydrazine groups is 1. The van der Waals surface area contributed by atoms with Crippen molar-refractivity contribution >= 4 is 8.32 Å². The van der Waals surface area contributed by atoms with E-state index in [1.165, 1.54) is 12.1 Å². The average Bonchev–Trinajstić information content (AvgIpc) is 3.16. The van der Waals surface area contributed by atoms with Crippen molar-refractivity contribution < 1.29 is 17.6 Å². The van der Waals surface area contributed by atoms with Gasteiger partial charge in [-0.05, 0) is 35.7 Å². The smallest absolute Gasteiger partial charge is 0.426 e. The first-order valence-corrected chi connectivity index (χ1v) is 11.1. The van der Waals surface area contributed by atoms with Crippen LogP contribution in [0.5, 0.6) is 5.75 Å². The maximum atomic E-state index is 13.3. The molecule has 0 atom stereocenters. The van der Waals surface area contributed by atoms with Crippen LogP contribution >= 0.6 is 0 Å². The van der Waals surface area contributed by atoms with E-state index in [1.807, 2.05) is 13.8 Å². The molecule has 0 radical (unpaired) electrons. The van der Waals surface area contributed by atoms with Gasteiger partial charge >= 0.3 is 6.18 Å². The summed E-state index contributed by atoms with van der Waals surface area (Å²) < 4.78 is 46.4.